The highest BCUT2D eigenvalue weighted by atomic mass is 32.2. The lowest BCUT2D eigenvalue weighted by atomic mass is 10.0. The van der Waals surface area contributed by atoms with E-state index in [1.54, 1.807) is 24.5 Å². The standard InChI is InChI=1S/C22H22FN5O3S/c23-19-7-1-2-8-20(19)27-32(30,31)18-6-3-5-16(15-18)21(29)26-17-9-13-28(14-10-17)22-24-11-4-12-25-22/h1-8,11-12,15,17,27H,9-10,13-14H2,(H,26,29). The minimum Gasteiger partial charge on any atom is -0.349 e. The van der Waals surface area contributed by atoms with Gasteiger partial charge in [-0.1, -0.05) is 18.2 Å². The summed E-state index contributed by atoms with van der Waals surface area (Å²) in [5.41, 5.74) is 0.0618. The number of para-hydroxylation sites is 1. The summed E-state index contributed by atoms with van der Waals surface area (Å²) in [6.07, 6.45) is 4.82. The maximum Gasteiger partial charge on any atom is 0.262 e. The summed E-state index contributed by atoms with van der Waals surface area (Å²) >= 11 is 0. The van der Waals surface area contributed by atoms with Gasteiger partial charge in [-0.25, -0.2) is 22.8 Å². The fourth-order valence-corrected chi connectivity index (χ4v) is 4.61. The molecule has 2 N–H and O–H groups in total. The molecule has 0 radical (unpaired) electrons. The van der Waals surface area contributed by atoms with Crippen LogP contribution in [0.15, 0.2) is 71.9 Å². The Labute approximate surface area is 185 Å². The molecule has 1 saturated heterocycles. The number of hydrogen-bond donors (Lipinski definition) is 2. The van der Waals surface area contributed by atoms with Gasteiger partial charge >= 0.3 is 0 Å². The van der Waals surface area contributed by atoms with Crippen molar-refractivity contribution in [1.29, 1.82) is 0 Å². The molecule has 0 spiro atoms. The number of nitrogens with zero attached hydrogens (tertiary/aromatic N) is 3. The average molecular weight is 456 g/mol. The van der Waals surface area contributed by atoms with E-state index in [1.165, 1.54) is 36.4 Å². The molecule has 1 amide bonds. The molecular weight excluding hydrogens is 433 g/mol. The number of amides is 1. The summed E-state index contributed by atoms with van der Waals surface area (Å²) in [5, 5.41) is 2.96. The second-order valence-corrected chi connectivity index (χ2v) is 9.08. The zero-order valence-electron chi connectivity index (χ0n) is 17.1. The van der Waals surface area contributed by atoms with E-state index in [4.69, 9.17) is 0 Å². The molecule has 0 saturated carbocycles. The third-order valence-corrected chi connectivity index (χ3v) is 6.55. The molecule has 166 valence electrons. The van der Waals surface area contributed by atoms with Crippen molar-refractivity contribution in [3.8, 4) is 0 Å². The van der Waals surface area contributed by atoms with Crippen LogP contribution in [-0.4, -0.2) is 43.4 Å². The van der Waals surface area contributed by atoms with Crippen molar-refractivity contribution in [2.75, 3.05) is 22.7 Å². The number of hydrogen-bond acceptors (Lipinski definition) is 6. The van der Waals surface area contributed by atoms with Crippen LogP contribution in [-0.2, 0) is 10.0 Å². The molecule has 0 bridgehead atoms. The first-order valence-corrected chi connectivity index (χ1v) is 11.6. The monoisotopic (exact) mass is 455 g/mol. The first kappa shape index (κ1) is 21.7. The highest BCUT2D eigenvalue weighted by molar-refractivity contribution is 7.92. The van der Waals surface area contributed by atoms with E-state index in [-0.39, 0.29) is 28.1 Å². The third-order valence-electron chi connectivity index (χ3n) is 5.19. The normalized spacial score (nSPS) is 14.7. The summed E-state index contributed by atoms with van der Waals surface area (Å²) in [4.78, 5) is 23.2. The molecule has 32 heavy (non-hydrogen) atoms. The Kier molecular flexibility index (Phi) is 6.31. The average Bonchev–Trinajstić information content (AvgIpc) is 2.82. The number of carbonyl (C=O) groups is 1. The van der Waals surface area contributed by atoms with Gasteiger partial charge < -0.3 is 10.2 Å². The molecule has 10 heteroatoms. The number of rotatable bonds is 6. The summed E-state index contributed by atoms with van der Waals surface area (Å²) in [7, 11) is -4.05. The minimum atomic E-state index is -4.05. The molecule has 1 fully saturated rings. The van der Waals surface area contributed by atoms with E-state index >= 15 is 0 Å². The minimum absolute atomic E-state index is 0.0423. The first-order valence-electron chi connectivity index (χ1n) is 10.1. The second-order valence-electron chi connectivity index (χ2n) is 7.40. The fraction of sp³-hybridized carbons (Fsp3) is 0.227. The van der Waals surface area contributed by atoms with Gasteiger partial charge in [0.15, 0.2) is 0 Å². The number of halogens is 1. The lowest BCUT2D eigenvalue weighted by Gasteiger charge is -2.32. The predicted octanol–water partition coefficient (Wildman–Crippen LogP) is 2.82. The molecule has 1 aromatic heterocycles. The molecule has 3 aromatic rings. The van der Waals surface area contributed by atoms with E-state index in [9.17, 15) is 17.6 Å². The molecule has 0 aliphatic carbocycles. The van der Waals surface area contributed by atoms with Crippen LogP contribution in [0.3, 0.4) is 0 Å². The molecule has 4 rings (SSSR count). The Morgan fingerprint density at radius 3 is 2.44 bits per heavy atom. The van der Waals surface area contributed by atoms with Gasteiger partial charge in [0, 0.05) is 37.1 Å². The van der Waals surface area contributed by atoms with Crippen molar-refractivity contribution >= 4 is 27.6 Å². The van der Waals surface area contributed by atoms with Gasteiger partial charge in [0.05, 0.1) is 10.6 Å². The van der Waals surface area contributed by atoms with E-state index in [0.717, 1.165) is 18.9 Å². The van der Waals surface area contributed by atoms with E-state index in [0.29, 0.717) is 19.0 Å². The molecule has 2 heterocycles. The van der Waals surface area contributed by atoms with Crippen LogP contribution in [0.4, 0.5) is 16.0 Å². The lowest BCUT2D eigenvalue weighted by Crippen LogP contribution is -2.45. The lowest BCUT2D eigenvalue weighted by molar-refractivity contribution is 0.0931. The third kappa shape index (κ3) is 5.02. The van der Waals surface area contributed by atoms with Crippen molar-refractivity contribution in [3.63, 3.8) is 0 Å². The topological polar surface area (TPSA) is 104 Å². The van der Waals surface area contributed by atoms with E-state index in [2.05, 4.69) is 24.9 Å². The number of sulfonamides is 1. The van der Waals surface area contributed by atoms with Crippen LogP contribution in [0, 0.1) is 5.82 Å². The van der Waals surface area contributed by atoms with Gasteiger partial charge in [-0.2, -0.15) is 0 Å². The van der Waals surface area contributed by atoms with Gasteiger partial charge in [-0.05, 0) is 49.2 Å². The van der Waals surface area contributed by atoms with Crippen molar-refractivity contribution in [2.24, 2.45) is 0 Å². The van der Waals surface area contributed by atoms with E-state index < -0.39 is 15.8 Å². The van der Waals surface area contributed by atoms with Crippen LogP contribution in [0.2, 0.25) is 0 Å². The Hall–Kier alpha value is -3.53. The molecular formula is C22H22FN5O3S. The predicted molar refractivity (Wildman–Crippen MR) is 118 cm³/mol. The number of nitrogens with one attached hydrogen (secondary N) is 2. The van der Waals surface area contributed by atoms with Gasteiger partial charge in [0.25, 0.3) is 15.9 Å². The van der Waals surface area contributed by atoms with Crippen LogP contribution in [0.1, 0.15) is 23.2 Å². The summed E-state index contributed by atoms with van der Waals surface area (Å²) in [6, 6.07) is 12.9. The van der Waals surface area contributed by atoms with E-state index in [1.807, 2.05) is 0 Å². The maximum absolute atomic E-state index is 13.8. The van der Waals surface area contributed by atoms with Gasteiger partial charge in [0.2, 0.25) is 5.95 Å². The van der Waals surface area contributed by atoms with Crippen molar-refractivity contribution < 1.29 is 17.6 Å². The fourth-order valence-electron chi connectivity index (χ4n) is 3.50. The van der Waals surface area contributed by atoms with Crippen LogP contribution < -0.4 is 14.9 Å². The number of carbonyl (C=O) groups excluding carboxylic acids is 1. The SMILES string of the molecule is O=C(NC1CCN(c2ncccn2)CC1)c1cccc(S(=O)(=O)Nc2ccccc2F)c1. The summed E-state index contributed by atoms with van der Waals surface area (Å²) in [6.45, 7) is 1.41. The number of aromatic nitrogens is 2. The maximum atomic E-state index is 13.8. The zero-order chi connectivity index (χ0) is 22.6. The van der Waals surface area contributed by atoms with Crippen molar-refractivity contribution in [2.45, 2.75) is 23.8 Å². The van der Waals surface area contributed by atoms with Crippen molar-refractivity contribution in [3.05, 3.63) is 78.4 Å². The van der Waals surface area contributed by atoms with Crippen LogP contribution in [0.5, 0.6) is 0 Å². The highest BCUT2D eigenvalue weighted by Crippen LogP contribution is 2.20. The zero-order valence-corrected chi connectivity index (χ0v) is 17.9. The Morgan fingerprint density at radius 1 is 1.00 bits per heavy atom. The first-order chi connectivity index (χ1) is 15.4. The van der Waals surface area contributed by atoms with Crippen LogP contribution >= 0.6 is 0 Å². The Balaban J connectivity index is 1.40. The molecule has 1 aliphatic heterocycles. The number of benzene rings is 2. The second kappa shape index (κ2) is 9.31. The summed E-state index contributed by atoms with van der Waals surface area (Å²) in [5.74, 6) is -0.378. The van der Waals surface area contributed by atoms with Gasteiger partial charge in [-0.3, -0.25) is 9.52 Å². The Bertz CT molecular complexity index is 1200. The number of piperidine rings is 1. The quantitative estimate of drug-likeness (QED) is 0.592. The molecule has 8 nitrogen and oxygen atoms in total. The van der Waals surface area contributed by atoms with Gasteiger partial charge in [-0.15, -0.1) is 0 Å². The van der Waals surface area contributed by atoms with Crippen molar-refractivity contribution in [1.82, 2.24) is 15.3 Å². The van der Waals surface area contributed by atoms with Gasteiger partial charge in [0.1, 0.15) is 5.82 Å². The summed E-state index contributed by atoms with van der Waals surface area (Å²) < 4.78 is 41.4. The Morgan fingerprint density at radius 2 is 1.72 bits per heavy atom. The molecule has 0 atom stereocenters. The smallest absolute Gasteiger partial charge is 0.262 e. The van der Waals surface area contributed by atoms with Crippen LogP contribution in [0.25, 0.3) is 0 Å². The molecule has 2 aromatic carbocycles. The highest BCUT2D eigenvalue weighted by Gasteiger charge is 2.23. The number of anilines is 2. The molecule has 0 unspecified atom stereocenters. The molecule has 1 aliphatic rings. The largest absolute Gasteiger partial charge is 0.349 e.